The van der Waals surface area contributed by atoms with Crippen LogP contribution in [0.4, 0.5) is 10.5 Å². The molecule has 8 nitrogen and oxygen atoms in total. The van der Waals surface area contributed by atoms with Crippen molar-refractivity contribution in [2.75, 3.05) is 18.6 Å². The average Bonchev–Trinajstić information content (AvgIpc) is 3.28. The lowest BCUT2D eigenvalue weighted by Gasteiger charge is -2.26. The zero-order valence-electron chi connectivity index (χ0n) is 21.1. The van der Waals surface area contributed by atoms with Crippen molar-refractivity contribution in [3.8, 4) is 11.5 Å². The van der Waals surface area contributed by atoms with Crippen LogP contribution >= 0.6 is 0 Å². The summed E-state index contributed by atoms with van der Waals surface area (Å²) in [6.45, 7) is 2.96. The lowest BCUT2D eigenvalue weighted by molar-refractivity contribution is -0.122. The van der Waals surface area contributed by atoms with Gasteiger partial charge in [0.15, 0.2) is 0 Å². The molecule has 0 spiro atoms. The molecule has 2 heterocycles. The van der Waals surface area contributed by atoms with E-state index < -0.39 is 17.8 Å². The molecule has 192 valence electrons. The van der Waals surface area contributed by atoms with Crippen LogP contribution in [-0.4, -0.2) is 36.1 Å². The van der Waals surface area contributed by atoms with Gasteiger partial charge in [-0.2, -0.15) is 0 Å². The molecule has 0 radical (unpaired) electrons. The number of aryl methyl sites for hydroxylation is 1. The van der Waals surface area contributed by atoms with Gasteiger partial charge in [0.2, 0.25) is 0 Å². The lowest BCUT2D eigenvalue weighted by Crippen LogP contribution is -2.54. The zero-order chi connectivity index (χ0) is 26.6. The Balaban J connectivity index is 1.42. The van der Waals surface area contributed by atoms with Crippen LogP contribution in [0, 0.1) is 0 Å². The van der Waals surface area contributed by atoms with Gasteiger partial charge in [0.1, 0.15) is 23.7 Å². The summed E-state index contributed by atoms with van der Waals surface area (Å²) >= 11 is 0. The first-order valence-corrected chi connectivity index (χ1v) is 12.3. The second-order valence-electron chi connectivity index (χ2n) is 8.80. The minimum Gasteiger partial charge on any atom is -0.497 e. The van der Waals surface area contributed by atoms with Crippen molar-refractivity contribution in [1.82, 2.24) is 9.88 Å². The molecule has 4 aromatic rings. The lowest BCUT2D eigenvalue weighted by atomic mass is 10.1. The summed E-state index contributed by atoms with van der Waals surface area (Å²) in [5, 5.41) is 3.17. The molecular weight excluding hydrogens is 482 g/mol. The number of methoxy groups -OCH3 is 1. The third-order valence-electron chi connectivity index (χ3n) is 6.47. The highest BCUT2D eigenvalue weighted by Crippen LogP contribution is 2.27. The predicted molar refractivity (Wildman–Crippen MR) is 145 cm³/mol. The van der Waals surface area contributed by atoms with Crippen molar-refractivity contribution in [2.45, 2.75) is 19.9 Å². The Morgan fingerprint density at radius 2 is 1.68 bits per heavy atom. The number of nitrogens with zero attached hydrogens (tertiary/aromatic N) is 2. The van der Waals surface area contributed by atoms with Crippen LogP contribution < -0.4 is 19.7 Å². The molecule has 0 aliphatic carbocycles. The number of carbonyl (C=O) groups is 3. The van der Waals surface area contributed by atoms with E-state index in [0.717, 1.165) is 27.8 Å². The Morgan fingerprint density at radius 3 is 2.45 bits per heavy atom. The van der Waals surface area contributed by atoms with Gasteiger partial charge in [-0.1, -0.05) is 43.3 Å². The number of urea groups is 1. The van der Waals surface area contributed by atoms with E-state index in [1.807, 2.05) is 78.4 Å². The van der Waals surface area contributed by atoms with Gasteiger partial charge in [-0.25, -0.2) is 9.69 Å². The molecule has 0 bridgehead atoms. The van der Waals surface area contributed by atoms with Crippen molar-refractivity contribution < 1.29 is 23.9 Å². The maximum Gasteiger partial charge on any atom is 0.335 e. The molecular formula is C30H27N3O5. The van der Waals surface area contributed by atoms with Crippen LogP contribution in [0.5, 0.6) is 11.5 Å². The van der Waals surface area contributed by atoms with Gasteiger partial charge in [-0.05, 0) is 48.4 Å². The Bertz CT molecular complexity index is 1550. The van der Waals surface area contributed by atoms with Crippen LogP contribution in [0.1, 0.15) is 18.1 Å². The number of benzene rings is 3. The molecule has 1 N–H and O–H groups in total. The molecule has 0 saturated carbocycles. The number of aromatic nitrogens is 1. The van der Waals surface area contributed by atoms with Crippen LogP contribution in [-0.2, 0) is 22.6 Å². The van der Waals surface area contributed by atoms with Crippen molar-refractivity contribution >= 4 is 40.5 Å². The number of ether oxygens (including phenoxy) is 2. The van der Waals surface area contributed by atoms with E-state index >= 15 is 0 Å². The maximum atomic E-state index is 13.4. The van der Waals surface area contributed by atoms with E-state index in [1.54, 1.807) is 25.3 Å². The largest absolute Gasteiger partial charge is 0.497 e. The number of barbiturate groups is 1. The van der Waals surface area contributed by atoms with Gasteiger partial charge in [0, 0.05) is 28.7 Å². The molecule has 5 rings (SSSR count). The Morgan fingerprint density at radius 1 is 0.921 bits per heavy atom. The standard InChI is InChI=1S/C30H27N3O5/c1-3-20-11-13-22(14-12-20)33-29(35)26(28(34)31-30(33)36)17-21-19-32(27-10-5-4-9-25(21)27)15-16-38-24-8-6-7-23(18-24)37-2/h4-14,17-19H,3,15-16H2,1-2H3,(H,31,34,36)/b26-17+. The first-order chi connectivity index (χ1) is 18.5. The second kappa shape index (κ2) is 10.6. The molecule has 0 atom stereocenters. The summed E-state index contributed by atoms with van der Waals surface area (Å²) in [4.78, 5) is 39.7. The molecule has 1 fully saturated rings. The van der Waals surface area contributed by atoms with Gasteiger partial charge in [0.05, 0.1) is 19.3 Å². The number of anilines is 1. The number of amides is 4. The summed E-state index contributed by atoms with van der Waals surface area (Å²) in [6, 6.07) is 21.5. The molecule has 4 amide bonds. The third-order valence-corrected chi connectivity index (χ3v) is 6.47. The number of carbonyl (C=O) groups excluding carboxylic acids is 3. The predicted octanol–water partition coefficient (Wildman–Crippen LogP) is 4.96. The van der Waals surface area contributed by atoms with Gasteiger partial charge in [0.25, 0.3) is 11.8 Å². The molecule has 8 heteroatoms. The van der Waals surface area contributed by atoms with Crippen molar-refractivity contribution in [2.24, 2.45) is 0 Å². The van der Waals surface area contributed by atoms with Gasteiger partial charge in [-0.3, -0.25) is 14.9 Å². The Hall–Kier alpha value is -4.85. The van der Waals surface area contributed by atoms with E-state index in [2.05, 4.69) is 5.32 Å². The Labute approximate surface area is 220 Å². The molecule has 0 unspecified atom stereocenters. The highest BCUT2D eigenvalue weighted by molar-refractivity contribution is 6.39. The van der Waals surface area contributed by atoms with Crippen molar-refractivity contribution in [1.29, 1.82) is 0 Å². The highest BCUT2D eigenvalue weighted by atomic mass is 16.5. The molecule has 3 aromatic carbocycles. The fourth-order valence-electron chi connectivity index (χ4n) is 4.46. The fourth-order valence-corrected chi connectivity index (χ4v) is 4.46. The number of fused-ring (bicyclic) bond motifs is 1. The van der Waals surface area contributed by atoms with E-state index in [1.165, 1.54) is 0 Å². The van der Waals surface area contributed by atoms with Crippen LogP contribution in [0.15, 0.2) is 84.6 Å². The minimum atomic E-state index is -0.765. The molecule has 1 aliphatic rings. The zero-order valence-corrected chi connectivity index (χ0v) is 21.1. The molecule has 1 aromatic heterocycles. The number of nitrogens with one attached hydrogen (secondary N) is 1. The first-order valence-electron chi connectivity index (χ1n) is 12.3. The van der Waals surface area contributed by atoms with Crippen molar-refractivity contribution in [3.63, 3.8) is 0 Å². The molecule has 1 saturated heterocycles. The number of hydrogen-bond donors (Lipinski definition) is 1. The quantitative estimate of drug-likeness (QED) is 0.268. The normalized spacial score (nSPS) is 14.7. The molecule has 1 aliphatic heterocycles. The fraction of sp³-hybridized carbons (Fsp3) is 0.167. The van der Waals surface area contributed by atoms with Gasteiger partial charge >= 0.3 is 6.03 Å². The van der Waals surface area contributed by atoms with Crippen LogP contribution in [0.25, 0.3) is 17.0 Å². The maximum absolute atomic E-state index is 13.4. The number of imide groups is 2. The summed E-state index contributed by atoms with van der Waals surface area (Å²) in [5.41, 5.74) is 2.99. The highest BCUT2D eigenvalue weighted by Gasteiger charge is 2.37. The smallest absolute Gasteiger partial charge is 0.335 e. The van der Waals surface area contributed by atoms with Crippen molar-refractivity contribution in [3.05, 3.63) is 95.7 Å². The topological polar surface area (TPSA) is 89.9 Å². The third kappa shape index (κ3) is 4.88. The van der Waals surface area contributed by atoms with Gasteiger partial charge < -0.3 is 14.0 Å². The van der Waals surface area contributed by atoms with E-state index in [4.69, 9.17) is 9.47 Å². The van der Waals surface area contributed by atoms with Crippen LogP contribution in [0.2, 0.25) is 0 Å². The minimum absolute atomic E-state index is 0.111. The molecule has 38 heavy (non-hydrogen) atoms. The summed E-state index contributed by atoms with van der Waals surface area (Å²) in [7, 11) is 1.61. The number of para-hydroxylation sites is 1. The first kappa shape index (κ1) is 24.8. The van der Waals surface area contributed by atoms with E-state index in [0.29, 0.717) is 35.9 Å². The number of rotatable bonds is 8. The average molecular weight is 510 g/mol. The number of hydrogen-bond acceptors (Lipinski definition) is 5. The van der Waals surface area contributed by atoms with E-state index in [9.17, 15) is 14.4 Å². The van der Waals surface area contributed by atoms with Gasteiger partial charge in [-0.15, -0.1) is 0 Å². The summed E-state index contributed by atoms with van der Waals surface area (Å²) in [6.07, 6.45) is 4.25. The summed E-state index contributed by atoms with van der Waals surface area (Å²) < 4.78 is 13.2. The van der Waals surface area contributed by atoms with E-state index in [-0.39, 0.29) is 5.57 Å². The monoisotopic (exact) mass is 509 g/mol. The SMILES string of the molecule is CCc1ccc(N2C(=O)NC(=O)/C(=C\c3cn(CCOc4cccc(OC)c4)c4ccccc34)C2=O)cc1. The Kier molecular flexibility index (Phi) is 6.95. The second-order valence-corrected chi connectivity index (χ2v) is 8.80. The summed E-state index contributed by atoms with van der Waals surface area (Å²) in [5.74, 6) is 0.0252. The van der Waals surface area contributed by atoms with Crippen LogP contribution in [0.3, 0.4) is 0 Å².